The Morgan fingerprint density at radius 2 is 1.83 bits per heavy atom. The smallest absolute Gasteiger partial charge is 0.219 e. The van der Waals surface area contributed by atoms with Crippen LogP contribution in [0.2, 0.25) is 0 Å². The van der Waals surface area contributed by atoms with Crippen LogP contribution in [0.4, 0.5) is 0 Å². The predicted octanol–water partition coefficient (Wildman–Crippen LogP) is 2.68. The van der Waals surface area contributed by atoms with Crippen molar-refractivity contribution in [1.82, 2.24) is 4.90 Å². The normalized spacial score (nSPS) is 11.2. The van der Waals surface area contributed by atoms with Crippen molar-refractivity contribution in [3.05, 3.63) is 0 Å². The van der Waals surface area contributed by atoms with Gasteiger partial charge in [-0.25, -0.2) is 0 Å². The molecule has 0 saturated carbocycles. The number of rotatable bonds is 3. The van der Waals surface area contributed by atoms with Gasteiger partial charge >= 0.3 is 0 Å². The monoisotopic (exact) mass is 173 g/mol. The maximum Gasteiger partial charge on any atom is 0.219 e. The van der Waals surface area contributed by atoms with Crippen molar-refractivity contribution < 1.29 is 4.79 Å². The maximum absolute atomic E-state index is 10.8. The van der Waals surface area contributed by atoms with Crippen LogP contribution in [0.15, 0.2) is 0 Å². The van der Waals surface area contributed by atoms with E-state index in [0.29, 0.717) is 6.04 Å². The minimum atomic E-state index is 0.154. The van der Waals surface area contributed by atoms with E-state index in [9.17, 15) is 4.79 Å². The van der Waals surface area contributed by atoms with E-state index in [1.807, 2.05) is 20.9 Å². The van der Waals surface area contributed by atoms with Gasteiger partial charge in [0.05, 0.1) is 0 Å². The molecule has 0 heterocycles. The highest BCUT2D eigenvalue weighted by atomic mass is 16.2. The Hall–Kier alpha value is -0.530. The van der Waals surface area contributed by atoms with E-state index in [1.165, 1.54) is 0 Å². The lowest BCUT2D eigenvalue weighted by atomic mass is 10.2. The summed E-state index contributed by atoms with van der Waals surface area (Å²) < 4.78 is 0. The first kappa shape index (κ1) is 14.0. The number of carbonyl (C=O) groups excluding carboxylic acids is 1. The van der Waals surface area contributed by atoms with Gasteiger partial charge in [-0.2, -0.15) is 0 Å². The van der Waals surface area contributed by atoms with Crippen LogP contribution in [0.3, 0.4) is 0 Å². The highest BCUT2D eigenvalue weighted by molar-refractivity contribution is 5.73. The van der Waals surface area contributed by atoms with Crippen LogP contribution in [0.5, 0.6) is 0 Å². The van der Waals surface area contributed by atoms with Gasteiger partial charge in [0.1, 0.15) is 0 Å². The number of hydrogen-bond donors (Lipinski definition) is 0. The fourth-order valence-corrected chi connectivity index (χ4v) is 0.922. The van der Waals surface area contributed by atoms with Crippen molar-refractivity contribution in [3.63, 3.8) is 0 Å². The molecule has 12 heavy (non-hydrogen) atoms. The first-order chi connectivity index (χ1) is 5.59. The molecule has 0 aliphatic rings. The van der Waals surface area contributed by atoms with E-state index in [-0.39, 0.29) is 5.91 Å². The zero-order chi connectivity index (χ0) is 10.1. The molecule has 0 N–H and O–H groups in total. The summed E-state index contributed by atoms with van der Waals surface area (Å²) in [6.07, 6.45) is 2.23. The summed E-state index contributed by atoms with van der Waals surface area (Å²) in [5, 5.41) is 0. The van der Waals surface area contributed by atoms with Gasteiger partial charge in [0.2, 0.25) is 5.91 Å². The summed E-state index contributed by atoms with van der Waals surface area (Å²) in [6, 6.07) is 0.391. The quantitative estimate of drug-likeness (QED) is 0.642. The molecule has 0 aromatic heterocycles. The number of nitrogens with zero attached hydrogens (tertiary/aromatic N) is 1. The predicted molar refractivity (Wildman–Crippen MR) is 54.2 cm³/mol. The molecule has 2 heteroatoms. The van der Waals surface area contributed by atoms with Crippen LogP contribution in [0, 0.1) is 0 Å². The van der Waals surface area contributed by atoms with E-state index < -0.39 is 0 Å². The summed E-state index contributed by atoms with van der Waals surface area (Å²) in [5.74, 6) is 0.154. The molecule has 0 saturated heterocycles. The van der Waals surface area contributed by atoms with Crippen LogP contribution < -0.4 is 0 Å². The van der Waals surface area contributed by atoms with Crippen LogP contribution in [-0.4, -0.2) is 23.9 Å². The second-order valence-electron chi connectivity index (χ2n) is 2.77. The second kappa shape index (κ2) is 8.57. The van der Waals surface area contributed by atoms with E-state index in [4.69, 9.17) is 0 Å². The molecule has 0 fully saturated rings. The molecule has 0 rings (SSSR count). The van der Waals surface area contributed by atoms with Gasteiger partial charge in [0, 0.05) is 20.0 Å². The van der Waals surface area contributed by atoms with Crippen molar-refractivity contribution in [2.24, 2.45) is 0 Å². The van der Waals surface area contributed by atoms with Gasteiger partial charge in [-0.05, 0) is 13.3 Å². The van der Waals surface area contributed by atoms with Crippen LogP contribution in [-0.2, 0) is 4.79 Å². The molecule has 0 spiro atoms. The van der Waals surface area contributed by atoms with Gasteiger partial charge in [0.15, 0.2) is 0 Å². The maximum atomic E-state index is 10.8. The van der Waals surface area contributed by atoms with Crippen molar-refractivity contribution in [1.29, 1.82) is 0 Å². The molecule has 74 valence electrons. The third-order valence-electron chi connectivity index (χ3n) is 1.86. The summed E-state index contributed by atoms with van der Waals surface area (Å²) in [7, 11) is 1.85. The van der Waals surface area contributed by atoms with Crippen LogP contribution in [0.25, 0.3) is 0 Å². The average Bonchev–Trinajstić information content (AvgIpc) is 2.07. The van der Waals surface area contributed by atoms with Crippen molar-refractivity contribution in [3.8, 4) is 0 Å². The van der Waals surface area contributed by atoms with Gasteiger partial charge in [0.25, 0.3) is 0 Å². The summed E-state index contributed by atoms with van der Waals surface area (Å²) >= 11 is 0. The van der Waals surface area contributed by atoms with Crippen molar-refractivity contribution in [2.75, 3.05) is 7.05 Å². The third-order valence-corrected chi connectivity index (χ3v) is 1.86. The average molecular weight is 173 g/mol. The second-order valence-corrected chi connectivity index (χ2v) is 2.77. The molecule has 1 amide bonds. The Morgan fingerprint density at radius 1 is 1.42 bits per heavy atom. The molecule has 0 radical (unpaired) electrons. The van der Waals surface area contributed by atoms with E-state index in [1.54, 1.807) is 11.8 Å². The zero-order valence-electron chi connectivity index (χ0n) is 9.35. The first-order valence-electron chi connectivity index (χ1n) is 4.83. The largest absolute Gasteiger partial charge is 0.343 e. The third kappa shape index (κ3) is 6.20. The summed E-state index contributed by atoms with van der Waals surface area (Å²) in [6.45, 7) is 9.81. The lowest BCUT2D eigenvalue weighted by Gasteiger charge is -2.22. The van der Waals surface area contributed by atoms with Crippen LogP contribution in [0.1, 0.15) is 47.5 Å². The molecule has 0 aromatic rings. The van der Waals surface area contributed by atoms with Gasteiger partial charge in [-0.3, -0.25) is 4.79 Å². The molecule has 2 nitrogen and oxygen atoms in total. The van der Waals surface area contributed by atoms with Crippen LogP contribution >= 0.6 is 0 Å². The number of carbonyl (C=O) groups is 1. The zero-order valence-corrected chi connectivity index (χ0v) is 9.35. The van der Waals surface area contributed by atoms with Crippen molar-refractivity contribution in [2.45, 2.75) is 53.5 Å². The SMILES string of the molecule is CC.CCCC(C)N(C)C(C)=O. The standard InChI is InChI=1S/C8H17NO.C2H6/c1-5-6-7(2)9(4)8(3)10;1-2/h7H,5-6H2,1-4H3;1-2H3. The van der Waals surface area contributed by atoms with E-state index >= 15 is 0 Å². The molecule has 0 aromatic carbocycles. The Kier molecular flexibility index (Phi) is 10.0. The Labute approximate surface area is 77.0 Å². The molecular formula is C10H23NO. The van der Waals surface area contributed by atoms with E-state index in [2.05, 4.69) is 13.8 Å². The lowest BCUT2D eigenvalue weighted by molar-refractivity contribution is -0.129. The van der Waals surface area contributed by atoms with Crippen molar-refractivity contribution >= 4 is 5.91 Å². The Bertz CT molecular complexity index is 112. The van der Waals surface area contributed by atoms with Gasteiger partial charge in [-0.1, -0.05) is 27.2 Å². The molecular weight excluding hydrogens is 150 g/mol. The van der Waals surface area contributed by atoms with Gasteiger partial charge < -0.3 is 4.90 Å². The highest BCUT2D eigenvalue weighted by Crippen LogP contribution is 2.03. The Balaban J connectivity index is 0. The fraction of sp³-hybridized carbons (Fsp3) is 0.900. The minimum absolute atomic E-state index is 0.154. The molecule has 1 atom stereocenters. The highest BCUT2D eigenvalue weighted by Gasteiger charge is 2.09. The Morgan fingerprint density at radius 3 is 2.08 bits per heavy atom. The summed E-state index contributed by atoms with van der Waals surface area (Å²) in [5.41, 5.74) is 0. The fourth-order valence-electron chi connectivity index (χ4n) is 0.922. The topological polar surface area (TPSA) is 20.3 Å². The number of hydrogen-bond acceptors (Lipinski definition) is 1. The lowest BCUT2D eigenvalue weighted by Crippen LogP contribution is -2.32. The molecule has 0 aliphatic carbocycles. The molecule has 1 unspecified atom stereocenters. The van der Waals surface area contributed by atoms with E-state index in [0.717, 1.165) is 12.8 Å². The summed E-state index contributed by atoms with van der Waals surface area (Å²) in [4.78, 5) is 12.6. The van der Waals surface area contributed by atoms with Gasteiger partial charge in [-0.15, -0.1) is 0 Å². The minimum Gasteiger partial charge on any atom is -0.343 e. The number of amides is 1. The molecule has 0 bridgehead atoms. The first-order valence-corrected chi connectivity index (χ1v) is 4.83. The molecule has 0 aliphatic heterocycles.